The van der Waals surface area contributed by atoms with E-state index in [0.717, 1.165) is 0 Å². The molecule has 2 aromatic carbocycles. The Labute approximate surface area is 91.9 Å². The molecule has 0 aliphatic rings. The molecule has 0 aliphatic heterocycles. The number of fused-ring (bicyclic) bond motifs is 1. The van der Waals surface area contributed by atoms with E-state index in [1.165, 1.54) is 24.3 Å². The first-order chi connectivity index (χ1) is 7.41. The van der Waals surface area contributed by atoms with Gasteiger partial charge in [-0.25, -0.2) is 0 Å². The van der Waals surface area contributed by atoms with Crippen LogP contribution in [0.3, 0.4) is 0 Å². The molecule has 2 rings (SSSR count). The summed E-state index contributed by atoms with van der Waals surface area (Å²) < 4.78 is 31.2. The zero-order valence-electron chi connectivity index (χ0n) is 8.08. The van der Waals surface area contributed by atoms with Crippen molar-refractivity contribution in [2.45, 2.75) is 4.90 Å². The number of hydrogen-bond donors (Lipinski definition) is 3. The van der Waals surface area contributed by atoms with E-state index in [1.54, 1.807) is 6.07 Å². The van der Waals surface area contributed by atoms with Gasteiger partial charge in [0, 0.05) is 10.8 Å². The second-order valence-electron chi connectivity index (χ2n) is 3.32. The first kappa shape index (κ1) is 10.7. The molecule has 0 saturated heterocycles. The minimum absolute atomic E-state index is 0.0861. The molecule has 0 aliphatic carbocycles. The highest BCUT2D eigenvalue weighted by Gasteiger charge is 2.15. The average Bonchev–Trinajstić information content (AvgIpc) is 2.21. The summed E-state index contributed by atoms with van der Waals surface area (Å²) in [6.45, 7) is 0. The number of benzene rings is 2. The van der Waals surface area contributed by atoms with Gasteiger partial charge < -0.3 is 10.8 Å². The number of phenolic OH excluding ortho intramolecular Hbond substituents is 1. The number of hydrogen-bond acceptors (Lipinski definition) is 4. The van der Waals surface area contributed by atoms with Crippen molar-refractivity contribution in [2.75, 3.05) is 5.73 Å². The van der Waals surface area contributed by atoms with Gasteiger partial charge in [0.2, 0.25) is 0 Å². The normalized spacial score (nSPS) is 11.8. The number of nitrogen functional groups attached to an aromatic ring is 1. The SMILES string of the molecule is Nc1c(O)ccc2c(S(=O)(=O)O)cccc12. The smallest absolute Gasteiger partial charge is 0.295 e. The summed E-state index contributed by atoms with van der Waals surface area (Å²) in [6.07, 6.45) is 0. The summed E-state index contributed by atoms with van der Waals surface area (Å²) in [6, 6.07) is 6.96. The molecule has 16 heavy (non-hydrogen) atoms. The van der Waals surface area contributed by atoms with Crippen LogP contribution in [-0.4, -0.2) is 18.1 Å². The van der Waals surface area contributed by atoms with Crippen molar-refractivity contribution in [1.29, 1.82) is 0 Å². The fourth-order valence-electron chi connectivity index (χ4n) is 1.57. The van der Waals surface area contributed by atoms with E-state index in [0.29, 0.717) is 5.39 Å². The summed E-state index contributed by atoms with van der Waals surface area (Å²) in [7, 11) is -4.30. The highest BCUT2D eigenvalue weighted by molar-refractivity contribution is 7.86. The molecule has 4 N–H and O–H groups in total. The molecule has 0 radical (unpaired) electrons. The van der Waals surface area contributed by atoms with Gasteiger partial charge in [-0.05, 0) is 18.2 Å². The van der Waals surface area contributed by atoms with E-state index in [4.69, 9.17) is 10.3 Å². The van der Waals surface area contributed by atoms with Crippen LogP contribution in [-0.2, 0) is 10.1 Å². The first-order valence-corrected chi connectivity index (χ1v) is 5.83. The van der Waals surface area contributed by atoms with E-state index >= 15 is 0 Å². The predicted molar refractivity (Wildman–Crippen MR) is 59.8 cm³/mol. The predicted octanol–water partition coefficient (Wildman–Crippen LogP) is 1.37. The number of rotatable bonds is 1. The Morgan fingerprint density at radius 1 is 1.06 bits per heavy atom. The Bertz CT molecular complexity index is 664. The van der Waals surface area contributed by atoms with E-state index < -0.39 is 10.1 Å². The van der Waals surface area contributed by atoms with Crippen LogP contribution in [0.5, 0.6) is 5.75 Å². The lowest BCUT2D eigenvalue weighted by Gasteiger charge is -2.07. The molecule has 0 atom stereocenters. The van der Waals surface area contributed by atoms with Crippen LogP contribution in [0.2, 0.25) is 0 Å². The fourth-order valence-corrected chi connectivity index (χ4v) is 2.27. The van der Waals surface area contributed by atoms with Crippen LogP contribution in [0.1, 0.15) is 0 Å². The fraction of sp³-hybridized carbons (Fsp3) is 0. The van der Waals surface area contributed by atoms with Gasteiger partial charge in [-0.2, -0.15) is 8.42 Å². The van der Waals surface area contributed by atoms with Crippen molar-refractivity contribution >= 4 is 26.6 Å². The van der Waals surface area contributed by atoms with Crippen molar-refractivity contribution in [1.82, 2.24) is 0 Å². The lowest BCUT2D eigenvalue weighted by molar-refractivity contribution is 0.478. The van der Waals surface area contributed by atoms with Gasteiger partial charge in [-0.3, -0.25) is 4.55 Å². The highest BCUT2D eigenvalue weighted by atomic mass is 32.2. The Morgan fingerprint density at radius 3 is 2.38 bits per heavy atom. The van der Waals surface area contributed by atoms with E-state index in [2.05, 4.69) is 0 Å². The van der Waals surface area contributed by atoms with Crippen molar-refractivity contribution < 1.29 is 18.1 Å². The van der Waals surface area contributed by atoms with Gasteiger partial charge in [0.25, 0.3) is 10.1 Å². The minimum Gasteiger partial charge on any atom is -0.506 e. The lowest BCUT2D eigenvalue weighted by Crippen LogP contribution is -1.99. The van der Waals surface area contributed by atoms with Crippen LogP contribution >= 0.6 is 0 Å². The second kappa shape index (κ2) is 3.36. The van der Waals surface area contributed by atoms with Crippen LogP contribution in [0.4, 0.5) is 5.69 Å². The molecule has 0 amide bonds. The van der Waals surface area contributed by atoms with Crippen LogP contribution < -0.4 is 5.73 Å². The number of phenols is 1. The maximum atomic E-state index is 11.1. The van der Waals surface area contributed by atoms with Crippen LogP contribution in [0.15, 0.2) is 35.2 Å². The molecule has 5 nitrogen and oxygen atoms in total. The molecule has 0 unspecified atom stereocenters. The third-order valence-electron chi connectivity index (χ3n) is 2.32. The zero-order chi connectivity index (χ0) is 11.9. The van der Waals surface area contributed by atoms with E-state index in [-0.39, 0.29) is 21.7 Å². The van der Waals surface area contributed by atoms with Gasteiger partial charge in [-0.15, -0.1) is 0 Å². The number of aromatic hydroxyl groups is 1. The molecule has 0 aromatic heterocycles. The lowest BCUT2D eigenvalue weighted by atomic mass is 10.1. The van der Waals surface area contributed by atoms with Crippen LogP contribution in [0.25, 0.3) is 10.8 Å². The molecular formula is C10H9NO4S. The maximum Gasteiger partial charge on any atom is 0.295 e. The Hall–Kier alpha value is -1.79. The summed E-state index contributed by atoms with van der Waals surface area (Å²) in [4.78, 5) is -0.225. The van der Waals surface area contributed by atoms with Crippen molar-refractivity contribution in [3.05, 3.63) is 30.3 Å². The Balaban J connectivity index is 2.96. The summed E-state index contributed by atoms with van der Waals surface area (Å²) >= 11 is 0. The van der Waals surface area contributed by atoms with Gasteiger partial charge in [0.05, 0.1) is 5.69 Å². The number of nitrogens with two attached hydrogens (primary N) is 1. The average molecular weight is 239 g/mol. The third-order valence-corrected chi connectivity index (χ3v) is 3.23. The van der Waals surface area contributed by atoms with Crippen LogP contribution in [0, 0.1) is 0 Å². The standard InChI is InChI=1S/C10H9NO4S/c11-10-7-2-1-3-9(16(13,14)15)6(7)4-5-8(10)12/h1-5,12H,11H2,(H,13,14,15). The summed E-state index contributed by atoms with van der Waals surface area (Å²) in [5.41, 5.74) is 5.69. The van der Waals surface area contributed by atoms with E-state index in [9.17, 15) is 13.5 Å². The Morgan fingerprint density at radius 2 is 1.75 bits per heavy atom. The van der Waals surface area contributed by atoms with E-state index in [1.807, 2.05) is 0 Å². The van der Waals surface area contributed by atoms with Gasteiger partial charge in [0.1, 0.15) is 10.6 Å². The van der Waals surface area contributed by atoms with Crippen molar-refractivity contribution in [2.24, 2.45) is 0 Å². The van der Waals surface area contributed by atoms with Gasteiger partial charge in [-0.1, -0.05) is 12.1 Å². The molecule has 0 spiro atoms. The molecule has 0 bridgehead atoms. The third kappa shape index (κ3) is 1.58. The minimum atomic E-state index is -4.30. The molecule has 84 valence electrons. The summed E-state index contributed by atoms with van der Waals surface area (Å²) in [5.74, 6) is -0.125. The highest BCUT2D eigenvalue weighted by Crippen LogP contribution is 2.32. The molecule has 6 heteroatoms. The zero-order valence-corrected chi connectivity index (χ0v) is 8.90. The molecule has 0 fully saturated rings. The van der Waals surface area contributed by atoms with Gasteiger partial charge >= 0.3 is 0 Å². The van der Waals surface area contributed by atoms with Crippen molar-refractivity contribution in [3.8, 4) is 5.75 Å². The second-order valence-corrected chi connectivity index (χ2v) is 4.71. The number of anilines is 1. The molecule has 0 heterocycles. The first-order valence-electron chi connectivity index (χ1n) is 4.39. The maximum absolute atomic E-state index is 11.1. The molecular weight excluding hydrogens is 230 g/mol. The Kier molecular flexibility index (Phi) is 2.25. The topological polar surface area (TPSA) is 101 Å². The largest absolute Gasteiger partial charge is 0.506 e. The molecule has 2 aromatic rings. The monoisotopic (exact) mass is 239 g/mol. The van der Waals surface area contributed by atoms with Crippen molar-refractivity contribution in [3.63, 3.8) is 0 Å². The molecule has 0 saturated carbocycles. The van der Waals surface area contributed by atoms with Gasteiger partial charge in [0.15, 0.2) is 0 Å². The quantitative estimate of drug-likeness (QED) is 0.396. The summed E-state index contributed by atoms with van der Waals surface area (Å²) in [5, 5.41) is 10.0.